The van der Waals surface area contributed by atoms with Crippen LogP contribution in [0.2, 0.25) is 0 Å². The van der Waals surface area contributed by atoms with E-state index in [0.717, 1.165) is 29.4 Å². The van der Waals surface area contributed by atoms with E-state index in [2.05, 4.69) is 47.2 Å². The van der Waals surface area contributed by atoms with Gasteiger partial charge in [-0.3, -0.25) is 4.72 Å². The lowest BCUT2D eigenvalue weighted by Gasteiger charge is -2.16. The molecule has 0 bridgehead atoms. The number of fused-ring (bicyclic) bond motifs is 5. The molecule has 0 amide bonds. The van der Waals surface area contributed by atoms with Gasteiger partial charge in [0.05, 0.1) is 6.26 Å². The quantitative estimate of drug-likeness (QED) is 0.686. The lowest BCUT2D eigenvalue weighted by Crippen LogP contribution is -2.22. The zero-order valence-electron chi connectivity index (χ0n) is 16.1. The van der Waals surface area contributed by atoms with E-state index in [1.165, 1.54) is 16.7 Å². The van der Waals surface area contributed by atoms with Crippen LogP contribution in [0.25, 0.3) is 11.6 Å². The summed E-state index contributed by atoms with van der Waals surface area (Å²) in [5.41, 5.74) is 13.9. The topological polar surface area (TPSA) is 72.2 Å². The fourth-order valence-electron chi connectivity index (χ4n) is 4.51. The monoisotopic (exact) mass is 402 g/mol. The maximum absolute atomic E-state index is 11.6. The largest absolute Gasteiger partial charge is 0.321 e. The van der Waals surface area contributed by atoms with Gasteiger partial charge in [-0.1, -0.05) is 60.7 Å². The maximum atomic E-state index is 11.6. The number of benzene rings is 3. The van der Waals surface area contributed by atoms with Crippen molar-refractivity contribution in [2.24, 2.45) is 5.73 Å². The fourth-order valence-corrected chi connectivity index (χ4v) is 5.06. The van der Waals surface area contributed by atoms with Crippen molar-refractivity contribution in [2.75, 3.05) is 11.0 Å². The molecular formula is C24H22N2O2S. The molecule has 29 heavy (non-hydrogen) atoms. The highest BCUT2D eigenvalue weighted by atomic mass is 32.2. The lowest BCUT2D eigenvalue weighted by molar-refractivity contribution is 0.607. The van der Waals surface area contributed by atoms with Crippen LogP contribution in [-0.2, 0) is 15.6 Å². The first-order chi connectivity index (χ1) is 13.9. The summed E-state index contributed by atoms with van der Waals surface area (Å²) in [4.78, 5) is 0. The molecule has 0 radical (unpaired) electrons. The molecular weight excluding hydrogens is 380 g/mol. The Labute approximate surface area is 171 Å². The van der Waals surface area contributed by atoms with Gasteiger partial charge < -0.3 is 5.73 Å². The second kappa shape index (κ2) is 6.31. The summed E-state index contributed by atoms with van der Waals surface area (Å²) in [6.07, 6.45) is 4.24. The second-order valence-electron chi connectivity index (χ2n) is 7.99. The average molecular weight is 403 g/mol. The minimum Gasteiger partial charge on any atom is -0.321 e. The van der Waals surface area contributed by atoms with E-state index in [1.54, 1.807) is 6.07 Å². The van der Waals surface area contributed by atoms with Crippen molar-refractivity contribution in [3.63, 3.8) is 0 Å². The molecule has 5 heteroatoms. The predicted molar refractivity (Wildman–Crippen MR) is 118 cm³/mol. The Hall–Kier alpha value is -2.89. The molecule has 0 spiro atoms. The number of hydrogen-bond acceptors (Lipinski definition) is 3. The molecule has 0 aliphatic heterocycles. The molecule has 3 aromatic rings. The van der Waals surface area contributed by atoms with E-state index in [4.69, 9.17) is 5.73 Å². The first-order valence-corrected chi connectivity index (χ1v) is 11.5. The van der Waals surface area contributed by atoms with Crippen molar-refractivity contribution in [3.8, 4) is 0 Å². The van der Waals surface area contributed by atoms with Crippen molar-refractivity contribution in [2.45, 2.75) is 17.9 Å². The highest BCUT2D eigenvalue weighted by Gasteiger charge is 2.56. The third-order valence-electron chi connectivity index (χ3n) is 5.85. The van der Waals surface area contributed by atoms with E-state index >= 15 is 0 Å². The molecule has 3 aromatic carbocycles. The smallest absolute Gasteiger partial charge is 0.229 e. The molecule has 0 unspecified atom stereocenters. The number of nitrogens with two attached hydrogens (primary N) is 1. The van der Waals surface area contributed by atoms with Crippen molar-refractivity contribution in [1.82, 2.24) is 0 Å². The van der Waals surface area contributed by atoms with Crippen LogP contribution in [-0.4, -0.2) is 14.7 Å². The van der Waals surface area contributed by atoms with Crippen LogP contribution < -0.4 is 10.5 Å². The number of hydrogen-bond donors (Lipinski definition) is 2. The molecule has 1 fully saturated rings. The molecule has 3 N–H and O–H groups in total. The Morgan fingerprint density at radius 1 is 1.00 bits per heavy atom. The molecule has 2 aliphatic rings. The minimum atomic E-state index is -3.33. The normalized spacial score (nSPS) is 23.5. The van der Waals surface area contributed by atoms with E-state index in [9.17, 15) is 8.42 Å². The van der Waals surface area contributed by atoms with Gasteiger partial charge >= 0.3 is 0 Å². The molecule has 0 aromatic heterocycles. The molecule has 2 atom stereocenters. The van der Waals surface area contributed by atoms with E-state index < -0.39 is 10.0 Å². The van der Waals surface area contributed by atoms with Gasteiger partial charge in [-0.25, -0.2) is 8.42 Å². The summed E-state index contributed by atoms with van der Waals surface area (Å²) in [6.45, 7) is 0. The number of nitrogens with one attached hydrogen (secondary N) is 1. The SMILES string of the molecule is CS(=O)(=O)Nc1cccc(/C=C2\c3ccccc3[C@H]3C[C@@]3(N)c3ccccc32)c1. The molecule has 4 nitrogen and oxygen atoms in total. The summed E-state index contributed by atoms with van der Waals surface area (Å²) in [5, 5.41) is 0. The number of anilines is 1. The van der Waals surface area contributed by atoms with Crippen LogP contribution in [0.3, 0.4) is 0 Å². The summed E-state index contributed by atoms with van der Waals surface area (Å²) in [6, 6.07) is 24.3. The van der Waals surface area contributed by atoms with Gasteiger partial charge in [0.15, 0.2) is 0 Å². The highest BCUT2D eigenvalue weighted by Crippen LogP contribution is 2.61. The van der Waals surface area contributed by atoms with Crippen molar-refractivity contribution in [1.29, 1.82) is 0 Å². The zero-order chi connectivity index (χ0) is 20.2. The van der Waals surface area contributed by atoms with Crippen LogP contribution in [0.15, 0.2) is 72.8 Å². The first-order valence-electron chi connectivity index (χ1n) is 9.63. The third kappa shape index (κ3) is 3.16. The average Bonchev–Trinajstić information content (AvgIpc) is 3.38. The summed E-state index contributed by atoms with van der Waals surface area (Å²) in [5.74, 6) is 0.323. The standard InChI is InChI=1S/C24H22N2O2S/c1-29(27,28)26-17-8-6-7-16(13-17)14-21-18-9-2-3-10-19(18)23-15-24(23,25)22-12-5-4-11-20(21)22/h2-14,23,26H,15,25H2,1H3/b21-14+/t23-,24-/m1/s1. The Morgan fingerprint density at radius 3 is 2.52 bits per heavy atom. The fraction of sp³-hybridized carbons (Fsp3) is 0.167. The number of rotatable bonds is 3. The Kier molecular flexibility index (Phi) is 3.95. The summed E-state index contributed by atoms with van der Waals surface area (Å²) in [7, 11) is -3.33. The Bertz CT molecular complexity index is 1260. The summed E-state index contributed by atoms with van der Waals surface area (Å²) >= 11 is 0. The maximum Gasteiger partial charge on any atom is 0.229 e. The van der Waals surface area contributed by atoms with Gasteiger partial charge in [0.2, 0.25) is 10.0 Å². The second-order valence-corrected chi connectivity index (χ2v) is 9.74. The highest BCUT2D eigenvalue weighted by molar-refractivity contribution is 7.92. The molecule has 1 saturated carbocycles. The van der Waals surface area contributed by atoms with Crippen LogP contribution in [0.5, 0.6) is 0 Å². The van der Waals surface area contributed by atoms with Gasteiger partial charge in [0.25, 0.3) is 0 Å². The van der Waals surface area contributed by atoms with Crippen molar-refractivity contribution < 1.29 is 8.42 Å². The van der Waals surface area contributed by atoms with E-state index in [1.807, 2.05) is 30.3 Å². The molecule has 5 rings (SSSR count). The zero-order valence-corrected chi connectivity index (χ0v) is 16.9. The first kappa shape index (κ1) is 18.2. The van der Waals surface area contributed by atoms with Crippen LogP contribution in [0.1, 0.15) is 40.2 Å². The molecule has 0 saturated heterocycles. The van der Waals surface area contributed by atoms with Gasteiger partial charge in [0, 0.05) is 17.1 Å². The Balaban J connectivity index is 1.71. The lowest BCUT2D eigenvalue weighted by atomic mass is 9.90. The molecule has 146 valence electrons. The van der Waals surface area contributed by atoms with Gasteiger partial charge in [0.1, 0.15) is 0 Å². The predicted octanol–water partition coefficient (Wildman–Crippen LogP) is 4.30. The van der Waals surface area contributed by atoms with Gasteiger partial charge in [-0.05, 0) is 58.0 Å². The number of sulfonamides is 1. The van der Waals surface area contributed by atoms with E-state index in [0.29, 0.717) is 11.6 Å². The van der Waals surface area contributed by atoms with Gasteiger partial charge in [-0.15, -0.1) is 0 Å². The van der Waals surface area contributed by atoms with Crippen LogP contribution >= 0.6 is 0 Å². The third-order valence-corrected chi connectivity index (χ3v) is 6.46. The van der Waals surface area contributed by atoms with Crippen molar-refractivity contribution >= 4 is 27.4 Å². The Morgan fingerprint density at radius 2 is 1.72 bits per heavy atom. The molecule has 0 heterocycles. The van der Waals surface area contributed by atoms with Gasteiger partial charge in [-0.2, -0.15) is 0 Å². The van der Waals surface area contributed by atoms with Crippen LogP contribution in [0.4, 0.5) is 5.69 Å². The van der Waals surface area contributed by atoms with Crippen LogP contribution in [0, 0.1) is 0 Å². The summed E-state index contributed by atoms with van der Waals surface area (Å²) < 4.78 is 25.8. The molecule has 2 aliphatic carbocycles. The van der Waals surface area contributed by atoms with E-state index in [-0.39, 0.29) is 5.54 Å². The minimum absolute atomic E-state index is 0.317. The van der Waals surface area contributed by atoms with Crippen molar-refractivity contribution in [3.05, 3.63) is 101 Å².